The zero-order valence-corrected chi connectivity index (χ0v) is 3.55. The van der Waals surface area contributed by atoms with Crippen LogP contribution >= 0.6 is 0 Å². The average molecular weight is 142 g/mol. The third kappa shape index (κ3) is 1100. The molecule has 0 spiro atoms. The van der Waals surface area contributed by atoms with Crippen molar-refractivity contribution in [2.24, 2.45) is 0 Å². The first kappa shape index (κ1) is 47.9. The van der Waals surface area contributed by atoms with E-state index in [2.05, 4.69) is 0 Å². The van der Waals surface area contributed by atoms with Crippen LogP contribution in [0, 0.1) is 0 Å². The number of hydrogen-bond donors (Lipinski definition) is 3. The number of rotatable bonds is 0. The zero-order chi connectivity index (χ0) is 3.58. The third-order valence-corrected chi connectivity index (χ3v) is 0. The van der Waals surface area contributed by atoms with Gasteiger partial charge in [0.15, 0.2) is 0 Å². The highest BCUT2D eigenvalue weighted by molar-refractivity contribution is 6.30. The molecule has 0 saturated carbocycles. The fourth-order valence-corrected chi connectivity index (χ4v) is 0. The summed E-state index contributed by atoms with van der Waals surface area (Å²) in [4.78, 5) is 0. The minimum atomic E-state index is -2.17. The Morgan fingerprint density at radius 2 is 0.625 bits per heavy atom. The Bertz CT molecular complexity index is 16.0. The van der Waals surface area contributed by atoms with Crippen molar-refractivity contribution in [1.82, 2.24) is 0 Å². The van der Waals surface area contributed by atoms with Gasteiger partial charge >= 0.3 is 7.32 Å². The van der Waals surface area contributed by atoms with Gasteiger partial charge in [0.2, 0.25) is 0 Å². The number of hydrogen-bond acceptors (Lipinski definition) is 3. The van der Waals surface area contributed by atoms with Gasteiger partial charge in [-0.15, -0.1) is 0 Å². The highest BCUT2D eigenvalue weighted by atomic mass is 19.0. The minimum Gasteiger partial charge on any atom is -0.402 e. The summed E-state index contributed by atoms with van der Waals surface area (Å²) < 4.78 is 0. The summed E-state index contributed by atoms with van der Waals surface area (Å²) in [6, 6.07) is 0. The van der Waals surface area contributed by atoms with E-state index in [9.17, 15) is 0 Å². The van der Waals surface area contributed by atoms with Crippen molar-refractivity contribution in [3.63, 3.8) is 0 Å². The van der Waals surface area contributed by atoms with E-state index >= 15 is 0 Å². The lowest BCUT2D eigenvalue weighted by molar-refractivity contribution is 0.278. The lowest BCUT2D eigenvalue weighted by atomic mass is 10.3. The van der Waals surface area contributed by atoms with Gasteiger partial charge < -0.3 is 15.1 Å². The van der Waals surface area contributed by atoms with E-state index in [-0.39, 0.29) is 18.8 Å². The van der Waals surface area contributed by atoms with Crippen molar-refractivity contribution in [2.45, 2.75) is 0 Å². The number of halogens is 4. The van der Waals surface area contributed by atoms with E-state index in [1.807, 2.05) is 0 Å². The maximum absolute atomic E-state index is 7.17. The van der Waals surface area contributed by atoms with Crippen molar-refractivity contribution in [3.8, 4) is 0 Å². The molecule has 0 aromatic carbocycles. The van der Waals surface area contributed by atoms with Gasteiger partial charge in [-0.1, -0.05) is 0 Å². The molecule has 8 heteroatoms. The van der Waals surface area contributed by atoms with Gasteiger partial charge in [-0.3, -0.25) is 18.8 Å². The molecule has 0 amide bonds. The van der Waals surface area contributed by atoms with Crippen LogP contribution in [0.4, 0.5) is 18.8 Å². The molecule has 0 unspecified atom stereocenters. The average Bonchev–Trinajstić information content (AvgIpc) is 0.811. The molecule has 0 fully saturated rings. The van der Waals surface area contributed by atoms with Crippen molar-refractivity contribution in [1.29, 1.82) is 0 Å². The Labute approximate surface area is 42.6 Å². The van der Waals surface area contributed by atoms with E-state index in [0.717, 1.165) is 0 Å². The lowest BCUT2D eigenvalue weighted by Gasteiger charge is -1.69. The molecule has 0 aliphatic carbocycles. The van der Waals surface area contributed by atoms with Crippen molar-refractivity contribution < 1.29 is 33.9 Å². The topological polar surface area (TPSA) is 60.7 Å². The molecule has 0 atom stereocenters. The normalized spacial score (nSPS) is 3.38. The zero-order valence-electron chi connectivity index (χ0n) is 3.55. The summed E-state index contributed by atoms with van der Waals surface area (Å²) in [5, 5.41) is 21.5. The van der Waals surface area contributed by atoms with Crippen LogP contribution in [0.25, 0.3) is 0 Å². The van der Waals surface area contributed by atoms with Crippen LogP contribution in [0.5, 0.6) is 0 Å². The maximum Gasteiger partial charge on any atom is 0.631 e. The summed E-state index contributed by atoms with van der Waals surface area (Å²) >= 11 is 0. The first-order valence-corrected chi connectivity index (χ1v) is 0.775. The Balaban J connectivity index is -0.00000000750. The second kappa shape index (κ2) is 30.1. The smallest absolute Gasteiger partial charge is 0.402 e. The van der Waals surface area contributed by atoms with Gasteiger partial charge in [-0.05, 0) is 0 Å². The molecule has 0 heterocycles. The van der Waals surface area contributed by atoms with Crippen LogP contribution in [0.15, 0.2) is 0 Å². The Morgan fingerprint density at radius 1 is 0.625 bits per heavy atom. The summed E-state index contributed by atoms with van der Waals surface area (Å²) in [6.07, 6.45) is 0. The largest absolute Gasteiger partial charge is 0.631 e. The second-order valence-corrected chi connectivity index (χ2v) is 0.346. The minimum absolute atomic E-state index is 0. The van der Waals surface area contributed by atoms with Gasteiger partial charge in [-0.2, -0.15) is 0 Å². The van der Waals surface area contributed by atoms with Crippen LogP contribution in [-0.2, 0) is 0 Å². The Hall–Kier alpha value is -0.335. The van der Waals surface area contributed by atoms with E-state index in [1.54, 1.807) is 0 Å². The summed E-state index contributed by atoms with van der Waals surface area (Å²) in [7, 11) is -2.17. The summed E-state index contributed by atoms with van der Waals surface area (Å²) in [5.41, 5.74) is 0. The molecule has 3 N–H and O–H groups in total. The third-order valence-electron chi connectivity index (χ3n) is 0. The first-order chi connectivity index (χ1) is 1.73. The van der Waals surface area contributed by atoms with E-state index in [0.29, 0.717) is 0 Å². The van der Waals surface area contributed by atoms with Gasteiger partial charge in [0.1, 0.15) is 0 Å². The molecule has 0 aromatic heterocycles. The molecule has 0 radical (unpaired) electrons. The van der Waals surface area contributed by atoms with Crippen LogP contribution < -0.4 is 0 Å². The van der Waals surface area contributed by atoms with Crippen molar-refractivity contribution >= 4 is 7.32 Å². The van der Waals surface area contributed by atoms with Gasteiger partial charge in [-0.25, -0.2) is 0 Å². The summed E-state index contributed by atoms with van der Waals surface area (Å²) in [5.74, 6) is 0. The standard InChI is InChI=1S/BH3O3.4FH/c2-1(3)4;;;;/h2-4H;4*1H. The predicted molar refractivity (Wildman–Crippen MR) is 22.4 cm³/mol. The molecule has 0 aliphatic heterocycles. The Kier molecular flexibility index (Phi) is 180. The molecular weight excluding hydrogens is 135 g/mol. The van der Waals surface area contributed by atoms with Gasteiger partial charge in [0.25, 0.3) is 0 Å². The van der Waals surface area contributed by atoms with Crippen LogP contribution in [-0.4, -0.2) is 22.4 Å². The van der Waals surface area contributed by atoms with Crippen LogP contribution in [0.1, 0.15) is 0 Å². The molecule has 3 nitrogen and oxygen atoms in total. The highest BCUT2D eigenvalue weighted by Gasteiger charge is 1.92. The second-order valence-electron chi connectivity index (χ2n) is 0.346. The molecule has 0 bridgehead atoms. The first-order valence-electron chi connectivity index (χ1n) is 0.775. The lowest BCUT2D eigenvalue weighted by Crippen LogP contribution is -2.07. The quantitative estimate of drug-likeness (QED) is 0.286. The van der Waals surface area contributed by atoms with Crippen LogP contribution in [0.3, 0.4) is 0 Å². The Morgan fingerprint density at radius 3 is 0.625 bits per heavy atom. The van der Waals surface area contributed by atoms with Crippen molar-refractivity contribution in [2.75, 3.05) is 0 Å². The van der Waals surface area contributed by atoms with Crippen LogP contribution in [0.2, 0.25) is 0 Å². The SMILES string of the molecule is F.F.F.F.OB(O)O. The maximum atomic E-state index is 7.17. The fraction of sp³-hybridized carbons (Fsp3) is 0. The molecule has 0 rings (SSSR count). The monoisotopic (exact) mass is 142 g/mol. The molecule has 0 aromatic rings. The molecule has 0 aliphatic rings. The van der Waals surface area contributed by atoms with Crippen molar-refractivity contribution in [3.05, 3.63) is 0 Å². The molecule has 56 valence electrons. The van der Waals surface area contributed by atoms with Gasteiger partial charge in [0, 0.05) is 0 Å². The highest BCUT2D eigenvalue weighted by Crippen LogP contribution is 1.40. The fourth-order valence-electron chi connectivity index (χ4n) is 0. The van der Waals surface area contributed by atoms with Gasteiger partial charge in [0.05, 0.1) is 0 Å². The van der Waals surface area contributed by atoms with E-state index in [4.69, 9.17) is 15.1 Å². The van der Waals surface area contributed by atoms with E-state index < -0.39 is 7.32 Å². The molecular formula is H7BF4O3. The predicted octanol–water partition coefficient (Wildman–Crippen LogP) is -1.44. The summed E-state index contributed by atoms with van der Waals surface area (Å²) in [6.45, 7) is 0. The molecule has 8 heavy (non-hydrogen) atoms. The molecule has 0 saturated heterocycles. The van der Waals surface area contributed by atoms with E-state index in [1.165, 1.54) is 0 Å².